The van der Waals surface area contributed by atoms with E-state index in [0.717, 1.165) is 0 Å². The number of hydrogen-bond donors (Lipinski definition) is 8. The normalized spacial score (nSPS) is 51.7. The minimum Gasteiger partial charge on any atom is -0.394 e. The molecule has 0 saturated carbocycles. The zero-order valence-corrected chi connectivity index (χ0v) is 12.1. The average molecular weight is 341 g/mol. The van der Waals surface area contributed by atoms with Crippen LogP contribution in [0, 0.1) is 0 Å². The van der Waals surface area contributed by atoms with Crippen LogP contribution in [-0.4, -0.2) is 110 Å². The smallest absolute Gasteiger partial charge is 0.187 e. The summed E-state index contributed by atoms with van der Waals surface area (Å²) in [4.78, 5) is 0. The Labute approximate surface area is 131 Å². The van der Waals surface area contributed by atoms with E-state index in [4.69, 9.17) is 30.2 Å². The van der Waals surface area contributed by atoms with Gasteiger partial charge in [0.05, 0.1) is 19.3 Å². The lowest BCUT2D eigenvalue weighted by Crippen LogP contribution is -2.66. The van der Waals surface area contributed by atoms with E-state index in [1.807, 2.05) is 0 Å². The maximum atomic E-state index is 10.1. The van der Waals surface area contributed by atoms with E-state index in [0.29, 0.717) is 0 Å². The van der Waals surface area contributed by atoms with Gasteiger partial charge in [-0.25, -0.2) is 0 Å². The molecule has 0 spiro atoms. The molecule has 0 aromatic carbocycles. The summed E-state index contributed by atoms with van der Waals surface area (Å²) in [7, 11) is 0. The van der Waals surface area contributed by atoms with Crippen molar-refractivity contribution in [3.05, 3.63) is 0 Å². The van der Waals surface area contributed by atoms with Crippen LogP contribution in [0.25, 0.3) is 0 Å². The van der Waals surface area contributed by atoms with Crippen LogP contribution in [0.15, 0.2) is 0 Å². The minimum atomic E-state index is -1.68. The Morgan fingerprint density at radius 3 is 1.91 bits per heavy atom. The van der Waals surface area contributed by atoms with Crippen LogP contribution < -0.4 is 5.73 Å². The van der Waals surface area contributed by atoms with Crippen LogP contribution in [0.1, 0.15) is 0 Å². The zero-order chi connectivity index (χ0) is 17.3. The van der Waals surface area contributed by atoms with Crippen LogP contribution in [0.3, 0.4) is 0 Å². The topological polar surface area (TPSA) is 195 Å². The summed E-state index contributed by atoms with van der Waals surface area (Å²) in [6.07, 6.45) is -13.0. The highest BCUT2D eigenvalue weighted by atomic mass is 16.7. The third kappa shape index (κ3) is 3.65. The van der Waals surface area contributed by atoms with Crippen LogP contribution in [0.5, 0.6) is 0 Å². The first-order chi connectivity index (χ1) is 10.8. The Bertz CT molecular complexity index is 385. The van der Waals surface area contributed by atoms with Crippen LogP contribution in [0.2, 0.25) is 0 Å². The Balaban J connectivity index is 2.11. The maximum Gasteiger partial charge on any atom is 0.187 e. The molecule has 0 radical (unpaired) electrons. The van der Waals surface area contributed by atoms with Gasteiger partial charge in [0, 0.05) is 0 Å². The average Bonchev–Trinajstić information content (AvgIpc) is 2.54. The molecule has 2 aliphatic heterocycles. The SMILES string of the molecule is N[C@H]1[C@@H](O[C@@H]2O[C@H](CO)[C@H](O)[C@H](O)[C@H]2O)[C@H](O)[C@@H](CO)O[C@@H]1O. The largest absolute Gasteiger partial charge is 0.394 e. The highest BCUT2D eigenvalue weighted by Gasteiger charge is 2.49. The van der Waals surface area contributed by atoms with Crippen molar-refractivity contribution in [1.29, 1.82) is 0 Å². The molecule has 0 aromatic heterocycles. The molecule has 0 amide bonds. The lowest BCUT2D eigenvalue weighted by atomic mass is 9.96. The van der Waals surface area contributed by atoms with Gasteiger partial charge in [0.15, 0.2) is 12.6 Å². The van der Waals surface area contributed by atoms with Crippen molar-refractivity contribution in [2.45, 2.75) is 61.3 Å². The summed E-state index contributed by atoms with van der Waals surface area (Å²) in [6.45, 7) is -1.26. The van der Waals surface area contributed by atoms with Crippen molar-refractivity contribution in [3.8, 4) is 0 Å². The van der Waals surface area contributed by atoms with E-state index in [1.165, 1.54) is 0 Å². The third-order valence-electron chi connectivity index (χ3n) is 4.06. The van der Waals surface area contributed by atoms with E-state index in [-0.39, 0.29) is 0 Å². The predicted molar refractivity (Wildman–Crippen MR) is 70.6 cm³/mol. The fourth-order valence-corrected chi connectivity index (χ4v) is 2.61. The standard InChI is InChI=1S/C12H23NO10/c13-5-10(7(17)4(2-15)21-11(5)20)23-12-9(19)8(18)6(16)3(1-14)22-12/h3-12,14-20H,1-2,13H2/t3-,4-,5+,6+,7-,8+,9-,10-,11+,12+/m1/s1. The van der Waals surface area contributed by atoms with Gasteiger partial charge in [0.25, 0.3) is 0 Å². The van der Waals surface area contributed by atoms with Crippen LogP contribution in [0.4, 0.5) is 0 Å². The molecular weight excluding hydrogens is 318 g/mol. The molecule has 0 aliphatic carbocycles. The van der Waals surface area contributed by atoms with Gasteiger partial charge < -0.3 is 55.7 Å². The molecule has 2 aliphatic rings. The first kappa shape index (κ1) is 18.9. The van der Waals surface area contributed by atoms with Crippen molar-refractivity contribution in [1.82, 2.24) is 0 Å². The number of hydrogen-bond acceptors (Lipinski definition) is 11. The molecule has 2 rings (SSSR count). The Hall–Kier alpha value is -0.440. The van der Waals surface area contributed by atoms with Gasteiger partial charge in [0.1, 0.15) is 42.7 Å². The summed E-state index contributed by atoms with van der Waals surface area (Å²) >= 11 is 0. The van der Waals surface area contributed by atoms with E-state index in [1.54, 1.807) is 0 Å². The summed E-state index contributed by atoms with van der Waals surface area (Å²) in [5.41, 5.74) is 5.68. The first-order valence-electron chi connectivity index (χ1n) is 7.15. The van der Waals surface area contributed by atoms with Crippen molar-refractivity contribution in [3.63, 3.8) is 0 Å². The molecule has 0 bridgehead atoms. The molecule has 2 saturated heterocycles. The second-order valence-corrected chi connectivity index (χ2v) is 5.61. The molecule has 2 heterocycles. The Morgan fingerprint density at radius 1 is 0.783 bits per heavy atom. The van der Waals surface area contributed by atoms with E-state index in [9.17, 15) is 25.5 Å². The van der Waals surface area contributed by atoms with Crippen LogP contribution in [-0.2, 0) is 14.2 Å². The number of aliphatic hydroxyl groups excluding tert-OH is 7. The van der Waals surface area contributed by atoms with Gasteiger partial charge in [-0.3, -0.25) is 0 Å². The molecule has 10 atom stereocenters. The lowest BCUT2D eigenvalue weighted by molar-refractivity contribution is -0.340. The maximum absolute atomic E-state index is 10.1. The van der Waals surface area contributed by atoms with E-state index >= 15 is 0 Å². The van der Waals surface area contributed by atoms with Crippen molar-refractivity contribution in [2.24, 2.45) is 5.73 Å². The van der Waals surface area contributed by atoms with Gasteiger partial charge in [-0.1, -0.05) is 0 Å². The van der Waals surface area contributed by atoms with Gasteiger partial charge in [-0.15, -0.1) is 0 Å². The van der Waals surface area contributed by atoms with Gasteiger partial charge in [0.2, 0.25) is 0 Å². The fraction of sp³-hybridized carbons (Fsp3) is 1.00. The summed E-state index contributed by atoms with van der Waals surface area (Å²) in [5.74, 6) is 0. The fourth-order valence-electron chi connectivity index (χ4n) is 2.61. The zero-order valence-electron chi connectivity index (χ0n) is 12.1. The highest BCUT2D eigenvalue weighted by Crippen LogP contribution is 2.27. The lowest BCUT2D eigenvalue weighted by Gasteiger charge is -2.45. The molecule has 11 nitrogen and oxygen atoms in total. The Kier molecular flexibility index (Phi) is 6.27. The minimum absolute atomic E-state index is 0.612. The monoisotopic (exact) mass is 341 g/mol. The van der Waals surface area contributed by atoms with Crippen molar-refractivity contribution < 1.29 is 50.0 Å². The highest BCUT2D eigenvalue weighted by molar-refractivity contribution is 4.95. The molecule has 0 unspecified atom stereocenters. The molecule has 9 N–H and O–H groups in total. The molecule has 23 heavy (non-hydrogen) atoms. The van der Waals surface area contributed by atoms with Crippen molar-refractivity contribution >= 4 is 0 Å². The van der Waals surface area contributed by atoms with Gasteiger partial charge in [-0.2, -0.15) is 0 Å². The first-order valence-corrected chi connectivity index (χ1v) is 7.15. The molecule has 0 aromatic rings. The van der Waals surface area contributed by atoms with Gasteiger partial charge in [-0.05, 0) is 0 Å². The van der Waals surface area contributed by atoms with E-state index < -0.39 is 74.6 Å². The number of ether oxygens (including phenoxy) is 3. The summed E-state index contributed by atoms with van der Waals surface area (Å²) < 4.78 is 15.4. The molecule has 2 fully saturated rings. The Morgan fingerprint density at radius 2 is 1.35 bits per heavy atom. The number of rotatable bonds is 4. The number of aliphatic hydroxyl groups is 7. The predicted octanol–water partition coefficient (Wildman–Crippen LogP) is -5.43. The van der Waals surface area contributed by atoms with Crippen molar-refractivity contribution in [2.75, 3.05) is 13.2 Å². The quantitative estimate of drug-likeness (QED) is 0.243. The van der Waals surface area contributed by atoms with E-state index in [2.05, 4.69) is 0 Å². The second-order valence-electron chi connectivity index (χ2n) is 5.61. The molecule has 11 heteroatoms. The third-order valence-corrected chi connectivity index (χ3v) is 4.06. The number of nitrogens with two attached hydrogens (primary N) is 1. The molecule has 136 valence electrons. The van der Waals surface area contributed by atoms with Gasteiger partial charge >= 0.3 is 0 Å². The summed E-state index contributed by atoms with van der Waals surface area (Å²) in [5, 5.41) is 67.3. The van der Waals surface area contributed by atoms with Crippen LogP contribution >= 0.6 is 0 Å². The summed E-state index contributed by atoms with van der Waals surface area (Å²) in [6, 6.07) is -1.22. The molecular formula is C12H23NO10. The second kappa shape index (κ2) is 7.63.